The molecule has 21 heavy (non-hydrogen) atoms. The van der Waals surface area contributed by atoms with E-state index in [0.29, 0.717) is 11.6 Å². The van der Waals surface area contributed by atoms with Crippen LogP contribution in [0, 0.1) is 0 Å². The number of hydrogen-bond donors (Lipinski definition) is 1. The highest BCUT2D eigenvalue weighted by atomic mass is 16.5. The molecule has 2 rings (SSSR count). The van der Waals surface area contributed by atoms with Gasteiger partial charge in [0.1, 0.15) is 19.0 Å². The maximum Gasteiger partial charge on any atom is 0.329 e. The number of aliphatic carboxylic acids is 1. The summed E-state index contributed by atoms with van der Waals surface area (Å²) in [7, 11) is 0. The van der Waals surface area contributed by atoms with E-state index in [1.54, 1.807) is 6.07 Å². The van der Waals surface area contributed by atoms with Crippen LogP contribution >= 0.6 is 0 Å². The zero-order chi connectivity index (χ0) is 15.2. The van der Waals surface area contributed by atoms with Crippen LogP contribution in [0.25, 0.3) is 11.5 Å². The second-order valence-corrected chi connectivity index (χ2v) is 4.58. The Labute approximate surface area is 121 Å². The van der Waals surface area contributed by atoms with Crippen molar-refractivity contribution in [2.75, 3.05) is 6.61 Å². The van der Waals surface area contributed by atoms with Crippen LogP contribution in [0.3, 0.4) is 0 Å². The molecule has 1 N–H and O–H groups in total. The van der Waals surface area contributed by atoms with Crippen molar-refractivity contribution in [3.05, 3.63) is 30.2 Å². The van der Waals surface area contributed by atoms with E-state index in [2.05, 4.69) is 10.2 Å². The van der Waals surface area contributed by atoms with E-state index >= 15 is 0 Å². The Bertz CT molecular complexity index is 609. The van der Waals surface area contributed by atoms with Gasteiger partial charge in [0.2, 0.25) is 11.8 Å². The van der Waals surface area contributed by atoms with E-state index < -0.39 is 12.6 Å². The SMILES string of the molecule is CC(C)Oc1cccc(-c2nnc(COCC(=O)O)o2)c1. The summed E-state index contributed by atoms with van der Waals surface area (Å²) in [4.78, 5) is 10.3. The standard InChI is InChI=1S/C14H16N2O5/c1-9(2)20-11-5-3-4-10(6-11)14-16-15-12(21-14)7-19-8-13(17)18/h3-6,9H,7-8H2,1-2H3,(H,17,18). The molecular weight excluding hydrogens is 276 g/mol. The van der Waals surface area contributed by atoms with Crippen molar-refractivity contribution in [1.82, 2.24) is 10.2 Å². The molecule has 0 aliphatic carbocycles. The zero-order valence-electron chi connectivity index (χ0n) is 11.8. The number of nitrogens with zero attached hydrogens (tertiary/aromatic N) is 2. The Balaban J connectivity index is 2.05. The number of rotatable bonds is 7. The lowest BCUT2D eigenvalue weighted by molar-refractivity contribution is -0.142. The molecule has 1 heterocycles. The van der Waals surface area contributed by atoms with Gasteiger partial charge in [0.25, 0.3) is 0 Å². The molecular formula is C14H16N2O5. The first-order valence-electron chi connectivity index (χ1n) is 6.43. The van der Waals surface area contributed by atoms with Crippen LogP contribution < -0.4 is 4.74 Å². The summed E-state index contributed by atoms with van der Waals surface area (Å²) in [5.74, 6) is 0.220. The van der Waals surface area contributed by atoms with Crippen LogP contribution in [-0.2, 0) is 16.1 Å². The highest BCUT2D eigenvalue weighted by molar-refractivity contribution is 5.67. The Morgan fingerprint density at radius 2 is 2.19 bits per heavy atom. The van der Waals surface area contributed by atoms with Crippen LogP contribution in [0.4, 0.5) is 0 Å². The number of hydrogen-bond acceptors (Lipinski definition) is 6. The van der Waals surface area contributed by atoms with Gasteiger partial charge in [0.05, 0.1) is 6.10 Å². The third kappa shape index (κ3) is 4.57. The van der Waals surface area contributed by atoms with Crippen molar-refractivity contribution < 1.29 is 23.8 Å². The number of carboxylic acids is 1. The number of aromatic nitrogens is 2. The maximum atomic E-state index is 10.3. The van der Waals surface area contributed by atoms with E-state index in [1.807, 2.05) is 32.0 Å². The highest BCUT2D eigenvalue weighted by Crippen LogP contribution is 2.23. The van der Waals surface area contributed by atoms with Crippen molar-refractivity contribution in [3.63, 3.8) is 0 Å². The fraction of sp³-hybridized carbons (Fsp3) is 0.357. The predicted octanol–water partition coefficient (Wildman–Crippen LogP) is 2.12. The molecule has 2 aromatic rings. The first kappa shape index (κ1) is 15.0. The monoisotopic (exact) mass is 292 g/mol. The van der Waals surface area contributed by atoms with E-state index in [9.17, 15) is 4.79 Å². The predicted molar refractivity (Wildman–Crippen MR) is 72.8 cm³/mol. The molecule has 0 unspecified atom stereocenters. The summed E-state index contributed by atoms with van der Waals surface area (Å²) < 4.78 is 15.9. The van der Waals surface area contributed by atoms with Crippen LogP contribution in [0.1, 0.15) is 19.7 Å². The summed E-state index contributed by atoms with van der Waals surface area (Å²) in [6.45, 7) is 3.44. The number of ether oxygens (including phenoxy) is 2. The second kappa shape index (κ2) is 6.85. The van der Waals surface area contributed by atoms with Gasteiger partial charge >= 0.3 is 5.97 Å². The Morgan fingerprint density at radius 3 is 2.90 bits per heavy atom. The molecule has 1 aromatic carbocycles. The summed E-state index contributed by atoms with van der Waals surface area (Å²) in [6, 6.07) is 7.30. The van der Waals surface area contributed by atoms with E-state index in [4.69, 9.17) is 19.0 Å². The van der Waals surface area contributed by atoms with Crippen molar-refractivity contribution in [2.45, 2.75) is 26.6 Å². The molecule has 0 radical (unpaired) electrons. The van der Waals surface area contributed by atoms with Crippen LogP contribution in [-0.4, -0.2) is 34.0 Å². The smallest absolute Gasteiger partial charge is 0.329 e. The Morgan fingerprint density at radius 1 is 1.38 bits per heavy atom. The molecule has 1 aromatic heterocycles. The third-order valence-electron chi connectivity index (χ3n) is 2.37. The minimum Gasteiger partial charge on any atom is -0.491 e. The lowest BCUT2D eigenvalue weighted by Gasteiger charge is -2.09. The fourth-order valence-corrected chi connectivity index (χ4v) is 1.63. The maximum absolute atomic E-state index is 10.3. The molecule has 112 valence electrons. The van der Waals surface area contributed by atoms with E-state index in [1.165, 1.54) is 0 Å². The van der Waals surface area contributed by atoms with E-state index in [-0.39, 0.29) is 18.6 Å². The van der Waals surface area contributed by atoms with Crippen molar-refractivity contribution in [1.29, 1.82) is 0 Å². The van der Waals surface area contributed by atoms with Crippen molar-refractivity contribution in [2.24, 2.45) is 0 Å². The molecule has 7 nitrogen and oxygen atoms in total. The van der Waals surface area contributed by atoms with Gasteiger partial charge < -0.3 is 19.0 Å². The summed E-state index contributed by atoms with van der Waals surface area (Å²) in [5.41, 5.74) is 0.727. The number of carboxylic acid groups (broad SMARTS) is 1. The van der Waals surface area contributed by atoms with Gasteiger partial charge in [0, 0.05) is 5.56 Å². The largest absolute Gasteiger partial charge is 0.491 e. The Kier molecular flexibility index (Phi) is 4.89. The third-order valence-corrected chi connectivity index (χ3v) is 2.37. The van der Waals surface area contributed by atoms with Crippen molar-refractivity contribution in [3.8, 4) is 17.2 Å². The summed E-state index contributed by atoms with van der Waals surface area (Å²) >= 11 is 0. The van der Waals surface area contributed by atoms with Gasteiger partial charge in [-0.3, -0.25) is 0 Å². The van der Waals surface area contributed by atoms with Gasteiger partial charge in [0.15, 0.2) is 0 Å². The number of carbonyl (C=O) groups is 1. The van der Waals surface area contributed by atoms with Gasteiger partial charge in [-0.05, 0) is 32.0 Å². The minimum absolute atomic E-state index is 0.0402. The lowest BCUT2D eigenvalue weighted by atomic mass is 10.2. The minimum atomic E-state index is -1.05. The Hall–Kier alpha value is -2.41. The fourth-order valence-electron chi connectivity index (χ4n) is 1.63. The zero-order valence-corrected chi connectivity index (χ0v) is 11.8. The van der Waals surface area contributed by atoms with Crippen LogP contribution in [0.15, 0.2) is 28.7 Å². The molecule has 7 heteroatoms. The van der Waals surface area contributed by atoms with Crippen LogP contribution in [0.5, 0.6) is 5.75 Å². The first-order valence-corrected chi connectivity index (χ1v) is 6.43. The highest BCUT2D eigenvalue weighted by Gasteiger charge is 2.10. The second-order valence-electron chi connectivity index (χ2n) is 4.58. The number of benzene rings is 1. The average Bonchev–Trinajstić information content (AvgIpc) is 2.86. The molecule has 0 bridgehead atoms. The lowest BCUT2D eigenvalue weighted by Crippen LogP contribution is -2.06. The molecule has 0 aliphatic heterocycles. The molecule has 0 aliphatic rings. The molecule has 0 saturated heterocycles. The molecule has 0 spiro atoms. The van der Waals surface area contributed by atoms with Gasteiger partial charge in [-0.15, -0.1) is 10.2 Å². The van der Waals surface area contributed by atoms with Gasteiger partial charge in [-0.2, -0.15) is 0 Å². The van der Waals surface area contributed by atoms with Crippen molar-refractivity contribution >= 4 is 5.97 Å². The average molecular weight is 292 g/mol. The normalized spacial score (nSPS) is 10.8. The quantitative estimate of drug-likeness (QED) is 0.835. The molecule has 0 atom stereocenters. The summed E-state index contributed by atoms with van der Waals surface area (Å²) in [6.07, 6.45) is 0.0721. The van der Waals surface area contributed by atoms with Crippen LogP contribution in [0.2, 0.25) is 0 Å². The first-order chi connectivity index (χ1) is 10.0. The molecule has 0 saturated carbocycles. The summed E-state index contributed by atoms with van der Waals surface area (Å²) in [5, 5.41) is 16.2. The topological polar surface area (TPSA) is 94.7 Å². The van der Waals surface area contributed by atoms with Gasteiger partial charge in [-0.25, -0.2) is 4.79 Å². The molecule has 0 fully saturated rings. The van der Waals surface area contributed by atoms with Gasteiger partial charge in [-0.1, -0.05) is 6.07 Å². The molecule has 0 amide bonds. The van der Waals surface area contributed by atoms with E-state index in [0.717, 1.165) is 5.56 Å².